The molecule has 0 aliphatic carbocycles. The fraction of sp³-hybridized carbons (Fsp3) is 0.333. The summed E-state index contributed by atoms with van der Waals surface area (Å²) in [6.45, 7) is 1.64. The van der Waals surface area contributed by atoms with Gasteiger partial charge in [0.15, 0.2) is 0 Å². The monoisotopic (exact) mass is 337 g/mol. The van der Waals surface area contributed by atoms with Gasteiger partial charge in [-0.25, -0.2) is 14.8 Å². The van der Waals surface area contributed by atoms with Gasteiger partial charge in [0.1, 0.15) is 12.2 Å². The molecule has 3 rings (SSSR count). The van der Waals surface area contributed by atoms with Gasteiger partial charge in [-0.15, -0.1) is 0 Å². The van der Waals surface area contributed by atoms with Crippen LogP contribution in [0.5, 0.6) is 5.88 Å². The molecule has 2 heterocycles. The van der Waals surface area contributed by atoms with E-state index in [0.717, 1.165) is 18.4 Å². The van der Waals surface area contributed by atoms with Crippen LogP contribution >= 0.6 is 0 Å². The van der Waals surface area contributed by atoms with Crippen LogP contribution in [0.4, 0.5) is 4.79 Å². The Labute approximate surface area is 146 Å². The first-order valence-corrected chi connectivity index (χ1v) is 8.20. The van der Waals surface area contributed by atoms with Crippen LogP contribution in [0.1, 0.15) is 24.1 Å². The first kappa shape index (κ1) is 16.7. The minimum atomic E-state index is -0.194. The Morgan fingerprint density at radius 3 is 2.92 bits per heavy atom. The minimum Gasteiger partial charge on any atom is -0.470 e. The molecule has 128 valence electrons. The third-order valence-electron chi connectivity index (χ3n) is 4.00. The highest BCUT2D eigenvalue weighted by atomic mass is 16.5. The number of nitrogens with one attached hydrogen (secondary N) is 1. The standard InChI is InChI=1S/C18H19N5O2/c19-11-16-17(21-9-8-20-16)25-15-7-4-10-23(13-15)18(24)22-12-14-5-2-1-3-6-14/h1-3,5-6,8-9,15H,4,7,10,12-13H2,(H,22,24). The minimum absolute atomic E-state index is 0.114. The summed E-state index contributed by atoms with van der Waals surface area (Å²) in [6, 6.07) is 11.6. The second-order valence-corrected chi connectivity index (χ2v) is 5.79. The second-order valence-electron chi connectivity index (χ2n) is 5.79. The molecule has 1 saturated heterocycles. The van der Waals surface area contributed by atoms with Crippen molar-refractivity contribution in [1.82, 2.24) is 20.2 Å². The lowest BCUT2D eigenvalue weighted by atomic mass is 10.1. The molecule has 1 aromatic carbocycles. The van der Waals surface area contributed by atoms with E-state index < -0.39 is 0 Å². The Kier molecular flexibility index (Phi) is 5.42. The van der Waals surface area contributed by atoms with Crippen LogP contribution in [0.2, 0.25) is 0 Å². The summed E-state index contributed by atoms with van der Waals surface area (Å²) in [4.78, 5) is 22.1. The molecule has 0 saturated carbocycles. The first-order chi connectivity index (χ1) is 12.3. The Morgan fingerprint density at radius 1 is 1.32 bits per heavy atom. The van der Waals surface area contributed by atoms with Gasteiger partial charge in [-0.05, 0) is 18.4 Å². The van der Waals surface area contributed by atoms with Crippen LogP contribution in [0.15, 0.2) is 42.7 Å². The molecule has 25 heavy (non-hydrogen) atoms. The maximum atomic E-state index is 12.4. The molecule has 1 aliphatic rings. The number of nitrogens with zero attached hydrogens (tertiary/aromatic N) is 4. The summed E-state index contributed by atoms with van der Waals surface area (Å²) in [5.41, 5.74) is 1.21. The Morgan fingerprint density at radius 2 is 2.12 bits per heavy atom. The van der Waals surface area contributed by atoms with Crippen LogP contribution in [0.25, 0.3) is 0 Å². The van der Waals surface area contributed by atoms with Crippen molar-refractivity contribution in [2.75, 3.05) is 13.1 Å². The zero-order chi connectivity index (χ0) is 17.5. The van der Waals surface area contributed by atoms with E-state index in [1.807, 2.05) is 36.4 Å². The fourth-order valence-electron chi connectivity index (χ4n) is 2.75. The topological polar surface area (TPSA) is 91.1 Å². The SMILES string of the molecule is N#Cc1nccnc1OC1CCCN(C(=O)NCc2ccccc2)C1. The first-order valence-electron chi connectivity index (χ1n) is 8.20. The molecule has 7 heteroatoms. The average molecular weight is 337 g/mol. The molecule has 1 unspecified atom stereocenters. The van der Waals surface area contributed by atoms with Gasteiger partial charge in [0.25, 0.3) is 5.88 Å². The molecule has 0 spiro atoms. The van der Waals surface area contributed by atoms with E-state index in [9.17, 15) is 4.79 Å². The van der Waals surface area contributed by atoms with Crippen molar-refractivity contribution in [2.24, 2.45) is 0 Å². The Hall–Kier alpha value is -3.14. The highest BCUT2D eigenvalue weighted by Gasteiger charge is 2.26. The summed E-state index contributed by atoms with van der Waals surface area (Å²) in [5.74, 6) is 0.224. The summed E-state index contributed by atoms with van der Waals surface area (Å²) in [7, 11) is 0. The van der Waals surface area contributed by atoms with Crippen LogP contribution in [0, 0.1) is 11.3 Å². The molecule has 0 bridgehead atoms. The van der Waals surface area contributed by atoms with Gasteiger partial charge in [0.05, 0.1) is 6.54 Å². The summed E-state index contributed by atoms with van der Waals surface area (Å²) in [5, 5.41) is 12.0. The summed E-state index contributed by atoms with van der Waals surface area (Å²) in [6.07, 6.45) is 4.40. The van der Waals surface area contributed by atoms with Crippen LogP contribution < -0.4 is 10.1 Å². The fourth-order valence-corrected chi connectivity index (χ4v) is 2.75. The van der Waals surface area contributed by atoms with E-state index in [2.05, 4.69) is 15.3 Å². The van der Waals surface area contributed by atoms with Crippen LogP contribution in [-0.4, -0.2) is 40.1 Å². The number of ether oxygens (including phenoxy) is 1. The smallest absolute Gasteiger partial charge is 0.317 e. The van der Waals surface area contributed by atoms with Crippen molar-refractivity contribution in [2.45, 2.75) is 25.5 Å². The number of benzene rings is 1. The van der Waals surface area contributed by atoms with Gasteiger partial charge in [-0.1, -0.05) is 30.3 Å². The van der Waals surface area contributed by atoms with Crippen molar-refractivity contribution >= 4 is 6.03 Å². The second kappa shape index (κ2) is 8.11. The number of carbonyl (C=O) groups is 1. The quantitative estimate of drug-likeness (QED) is 0.922. The number of amides is 2. The third kappa shape index (κ3) is 4.44. The van der Waals surface area contributed by atoms with E-state index in [0.29, 0.717) is 19.6 Å². The largest absolute Gasteiger partial charge is 0.470 e. The number of rotatable bonds is 4. The van der Waals surface area contributed by atoms with Gasteiger partial charge in [0, 0.05) is 25.5 Å². The van der Waals surface area contributed by atoms with E-state index in [1.54, 1.807) is 4.90 Å². The highest BCUT2D eigenvalue weighted by Crippen LogP contribution is 2.18. The van der Waals surface area contributed by atoms with Crippen molar-refractivity contribution in [1.29, 1.82) is 5.26 Å². The van der Waals surface area contributed by atoms with Crippen LogP contribution in [-0.2, 0) is 6.54 Å². The van der Waals surface area contributed by atoms with Crippen molar-refractivity contribution in [3.63, 3.8) is 0 Å². The zero-order valence-electron chi connectivity index (χ0n) is 13.8. The van der Waals surface area contributed by atoms with Gasteiger partial charge >= 0.3 is 6.03 Å². The molecular weight excluding hydrogens is 318 g/mol. The van der Waals surface area contributed by atoms with Gasteiger partial charge < -0.3 is 15.0 Å². The molecule has 1 aromatic heterocycles. The number of piperidine rings is 1. The van der Waals surface area contributed by atoms with Crippen molar-refractivity contribution < 1.29 is 9.53 Å². The maximum Gasteiger partial charge on any atom is 0.317 e. The zero-order valence-corrected chi connectivity index (χ0v) is 13.8. The number of hydrogen-bond donors (Lipinski definition) is 1. The van der Waals surface area contributed by atoms with E-state index in [1.165, 1.54) is 12.4 Å². The van der Waals surface area contributed by atoms with Crippen molar-refractivity contribution in [3.05, 3.63) is 54.0 Å². The van der Waals surface area contributed by atoms with E-state index >= 15 is 0 Å². The Bertz CT molecular complexity index is 760. The highest BCUT2D eigenvalue weighted by molar-refractivity contribution is 5.74. The lowest BCUT2D eigenvalue weighted by molar-refractivity contribution is 0.0971. The van der Waals surface area contributed by atoms with Crippen molar-refractivity contribution in [3.8, 4) is 11.9 Å². The predicted molar refractivity (Wildman–Crippen MR) is 90.6 cm³/mol. The Balaban J connectivity index is 1.55. The van der Waals surface area contributed by atoms with Gasteiger partial charge in [-0.3, -0.25) is 0 Å². The number of nitriles is 1. The molecule has 2 amide bonds. The summed E-state index contributed by atoms with van der Waals surface area (Å²) < 4.78 is 5.80. The number of urea groups is 1. The predicted octanol–water partition coefficient (Wildman–Crippen LogP) is 2.10. The number of hydrogen-bond acceptors (Lipinski definition) is 5. The molecular formula is C18H19N5O2. The lowest BCUT2D eigenvalue weighted by Gasteiger charge is -2.32. The van der Waals surface area contributed by atoms with Gasteiger partial charge in [0.2, 0.25) is 5.69 Å². The molecule has 0 radical (unpaired) electrons. The van der Waals surface area contributed by atoms with E-state index in [4.69, 9.17) is 10.00 Å². The molecule has 2 aromatic rings. The number of carbonyl (C=O) groups excluding carboxylic acids is 1. The number of likely N-dealkylation sites (tertiary alicyclic amines) is 1. The third-order valence-corrected chi connectivity index (χ3v) is 4.00. The molecule has 7 nitrogen and oxygen atoms in total. The maximum absolute atomic E-state index is 12.4. The number of aromatic nitrogens is 2. The molecule has 1 N–H and O–H groups in total. The normalized spacial score (nSPS) is 16.8. The lowest BCUT2D eigenvalue weighted by Crippen LogP contribution is -2.48. The molecule has 1 fully saturated rings. The van der Waals surface area contributed by atoms with Crippen LogP contribution in [0.3, 0.4) is 0 Å². The van der Waals surface area contributed by atoms with E-state index in [-0.39, 0.29) is 23.7 Å². The summed E-state index contributed by atoms with van der Waals surface area (Å²) >= 11 is 0. The van der Waals surface area contributed by atoms with Gasteiger partial charge in [-0.2, -0.15) is 5.26 Å². The molecule has 1 aliphatic heterocycles. The molecule has 1 atom stereocenters. The average Bonchev–Trinajstić information content (AvgIpc) is 2.67.